The van der Waals surface area contributed by atoms with E-state index in [1.165, 1.54) is 45.2 Å². The first kappa shape index (κ1) is 20.1. The molecule has 1 aromatic carbocycles. The maximum atomic E-state index is 12.6. The topological polar surface area (TPSA) is 56.9 Å². The van der Waals surface area contributed by atoms with E-state index >= 15 is 0 Å². The van der Waals surface area contributed by atoms with Gasteiger partial charge in [0, 0.05) is 30.1 Å². The third-order valence-electron chi connectivity index (χ3n) is 7.67. The molecular weight excluding hydrogens is 376 g/mol. The second kappa shape index (κ2) is 8.35. The van der Waals surface area contributed by atoms with Crippen LogP contribution in [-0.4, -0.2) is 47.6 Å². The number of phenolic OH excluding ortho intramolecular Hbond substituents is 1. The zero-order valence-corrected chi connectivity index (χ0v) is 18.2. The highest BCUT2D eigenvalue weighted by Gasteiger charge is 2.33. The molecule has 5 heteroatoms. The molecule has 5 nitrogen and oxygen atoms in total. The maximum Gasteiger partial charge on any atom is 0.339 e. The van der Waals surface area contributed by atoms with E-state index < -0.39 is 0 Å². The molecule has 0 radical (unpaired) electrons. The van der Waals surface area contributed by atoms with E-state index in [0.717, 1.165) is 54.3 Å². The summed E-state index contributed by atoms with van der Waals surface area (Å²) < 4.78 is 5.80. The van der Waals surface area contributed by atoms with Gasteiger partial charge in [-0.05, 0) is 95.1 Å². The van der Waals surface area contributed by atoms with Gasteiger partial charge in [0.2, 0.25) is 0 Å². The number of nitrogens with zero attached hydrogens (tertiary/aromatic N) is 2. The maximum absolute atomic E-state index is 12.6. The molecule has 2 atom stereocenters. The van der Waals surface area contributed by atoms with Gasteiger partial charge >= 0.3 is 5.63 Å². The SMILES string of the molecule is CN(Cc1c(O)ccc2c3c(c(=O)oc12)CCCC3)CC1CCCN2CCCCC12. The van der Waals surface area contributed by atoms with E-state index in [-0.39, 0.29) is 11.4 Å². The lowest BCUT2D eigenvalue weighted by Gasteiger charge is -2.45. The number of hydrogen-bond acceptors (Lipinski definition) is 5. The summed E-state index contributed by atoms with van der Waals surface area (Å²) in [5.74, 6) is 0.914. The van der Waals surface area contributed by atoms with Crippen molar-refractivity contribution >= 4 is 11.0 Å². The fourth-order valence-electron chi connectivity index (χ4n) is 6.23. The fraction of sp³-hybridized carbons (Fsp3) is 0.640. The average molecular weight is 411 g/mol. The molecule has 162 valence electrons. The Kier molecular flexibility index (Phi) is 5.59. The van der Waals surface area contributed by atoms with Crippen molar-refractivity contribution in [3.8, 4) is 5.75 Å². The van der Waals surface area contributed by atoms with Gasteiger partial charge in [-0.3, -0.25) is 0 Å². The van der Waals surface area contributed by atoms with Crippen LogP contribution in [0.4, 0.5) is 0 Å². The Morgan fingerprint density at radius 1 is 1.07 bits per heavy atom. The average Bonchev–Trinajstić information content (AvgIpc) is 2.76. The van der Waals surface area contributed by atoms with Crippen LogP contribution in [0.5, 0.6) is 5.75 Å². The molecule has 2 fully saturated rings. The van der Waals surface area contributed by atoms with Gasteiger partial charge in [0.1, 0.15) is 11.3 Å². The zero-order chi connectivity index (χ0) is 20.7. The lowest BCUT2D eigenvalue weighted by Crippen LogP contribution is -2.50. The van der Waals surface area contributed by atoms with Crippen LogP contribution >= 0.6 is 0 Å². The van der Waals surface area contributed by atoms with E-state index in [4.69, 9.17) is 4.42 Å². The molecule has 1 aliphatic carbocycles. The minimum Gasteiger partial charge on any atom is -0.507 e. The monoisotopic (exact) mass is 410 g/mol. The molecule has 3 heterocycles. The smallest absolute Gasteiger partial charge is 0.339 e. The summed E-state index contributed by atoms with van der Waals surface area (Å²) in [6, 6.07) is 4.42. The second-order valence-corrected chi connectivity index (χ2v) is 9.69. The highest BCUT2D eigenvalue weighted by atomic mass is 16.4. The van der Waals surface area contributed by atoms with Gasteiger partial charge in [0.15, 0.2) is 0 Å². The fourth-order valence-corrected chi connectivity index (χ4v) is 6.23. The van der Waals surface area contributed by atoms with Crippen LogP contribution < -0.4 is 5.63 Å². The van der Waals surface area contributed by atoms with Crippen molar-refractivity contribution in [3.63, 3.8) is 0 Å². The Balaban J connectivity index is 1.41. The number of rotatable bonds is 4. The molecule has 30 heavy (non-hydrogen) atoms. The van der Waals surface area contributed by atoms with Crippen LogP contribution in [-0.2, 0) is 19.4 Å². The number of hydrogen-bond donors (Lipinski definition) is 1. The third kappa shape index (κ3) is 3.67. The van der Waals surface area contributed by atoms with Gasteiger partial charge in [0.25, 0.3) is 0 Å². The van der Waals surface area contributed by atoms with Gasteiger partial charge in [-0.25, -0.2) is 4.79 Å². The summed E-state index contributed by atoms with van der Waals surface area (Å²) in [5, 5.41) is 11.7. The molecule has 0 spiro atoms. The van der Waals surface area contributed by atoms with Crippen molar-refractivity contribution in [2.75, 3.05) is 26.7 Å². The molecule has 2 unspecified atom stereocenters. The van der Waals surface area contributed by atoms with Crippen LogP contribution in [0, 0.1) is 5.92 Å². The minimum atomic E-state index is -0.211. The van der Waals surface area contributed by atoms with Crippen LogP contribution in [0.15, 0.2) is 21.3 Å². The number of piperidine rings is 2. The van der Waals surface area contributed by atoms with Gasteiger partial charge in [-0.15, -0.1) is 0 Å². The molecule has 1 N–H and O–H groups in total. The van der Waals surface area contributed by atoms with E-state index in [9.17, 15) is 9.90 Å². The van der Waals surface area contributed by atoms with Crippen LogP contribution in [0.2, 0.25) is 0 Å². The summed E-state index contributed by atoms with van der Waals surface area (Å²) in [7, 11) is 2.14. The second-order valence-electron chi connectivity index (χ2n) is 9.69. The van der Waals surface area contributed by atoms with E-state index in [1.807, 2.05) is 6.07 Å². The summed E-state index contributed by atoms with van der Waals surface area (Å²) in [5.41, 5.74) is 3.13. The Labute approximate surface area is 178 Å². The number of benzene rings is 1. The molecule has 0 bridgehead atoms. The summed E-state index contributed by atoms with van der Waals surface area (Å²) in [4.78, 5) is 17.7. The number of fused-ring (bicyclic) bond motifs is 4. The third-order valence-corrected chi connectivity index (χ3v) is 7.67. The van der Waals surface area contributed by atoms with E-state index in [2.05, 4.69) is 16.8 Å². The van der Waals surface area contributed by atoms with Crippen molar-refractivity contribution < 1.29 is 9.52 Å². The van der Waals surface area contributed by atoms with Crippen molar-refractivity contribution in [2.45, 2.75) is 70.4 Å². The van der Waals surface area contributed by atoms with Gasteiger partial charge in [-0.2, -0.15) is 0 Å². The molecule has 2 aromatic rings. The van der Waals surface area contributed by atoms with E-state index in [1.54, 1.807) is 6.07 Å². The summed E-state index contributed by atoms with van der Waals surface area (Å²) >= 11 is 0. The largest absolute Gasteiger partial charge is 0.507 e. The number of aromatic hydroxyl groups is 1. The number of aryl methyl sites for hydroxylation is 1. The highest BCUT2D eigenvalue weighted by molar-refractivity contribution is 5.86. The number of phenols is 1. The normalized spacial score (nSPS) is 24.7. The zero-order valence-electron chi connectivity index (χ0n) is 18.2. The quantitative estimate of drug-likeness (QED) is 0.770. The molecule has 1 aromatic heterocycles. The molecule has 2 aliphatic heterocycles. The molecule has 0 saturated carbocycles. The Morgan fingerprint density at radius 2 is 1.87 bits per heavy atom. The minimum absolute atomic E-state index is 0.211. The van der Waals surface area contributed by atoms with Gasteiger partial charge in [-0.1, -0.05) is 6.42 Å². The molecule has 2 saturated heterocycles. The van der Waals surface area contributed by atoms with Crippen molar-refractivity contribution in [3.05, 3.63) is 39.2 Å². The predicted octanol–water partition coefficient (Wildman–Crippen LogP) is 4.07. The van der Waals surface area contributed by atoms with Crippen LogP contribution in [0.3, 0.4) is 0 Å². The van der Waals surface area contributed by atoms with Crippen molar-refractivity contribution in [1.82, 2.24) is 9.80 Å². The summed E-state index contributed by atoms with van der Waals surface area (Å²) in [6.07, 6.45) is 10.5. The Bertz CT molecular complexity index is 980. The Hall–Kier alpha value is -1.85. The Morgan fingerprint density at radius 3 is 2.73 bits per heavy atom. The van der Waals surface area contributed by atoms with E-state index in [0.29, 0.717) is 24.1 Å². The lowest BCUT2D eigenvalue weighted by molar-refractivity contribution is 0.0434. The van der Waals surface area contributed by atoms with Crippen molar-refractivity contribution in [2.24, 2.45) is 5.92 Å². The first-order valence-corrected chi connectivity index (χ1v) is 11.8. The van der Waals surface area contributed by atoms with Crippen LogP contribution in [0.25, 0.3) is 11.0 Å². The summed E-state index contributed by atoms with van der Waals surface area (Å²) in [6.45, 7) is 4.14. The highest BCUT2D eigenvalue weighted by Crippen LogP contribution is 2.35. The van der Waals surface area contributed by atoms with Crippen molar-refractivity contribution in [1.29, 1.82) is 0 Å². The molecule has 3 aliphatic rings. The predicted molar refractivity (Wildman–Crippen MR) is 119 cm³/mol. The van der Waals surface area contributed by atoms with Crippen LogP contribution in [0.1, 0.15) is 61.6 Å². The first-order valence-electron chi connectivity index (χ1n) is 11.8. The molecule has 5 rings (SSSR count). The standard InChI is InChI=1S/C25H34N2O3/c1-26(15-17-7-6-14-27-13-5-4-10-22(17)27)16-21-23(28)12-11-19-18-8-2-3-9-20(18)25(29)30-24(19)21/h11-12,17,22,28H,2-10,13-16H2,1H3. The molecular formula is C25H34N2O3. The molecule has 0 amide bonds. The van der Waals surface area contributed by atoms with Gasteiger partial charge < -0.3 is 19.3 Å². The lowest BCUT2D eigenvalue weighted by atomic mass is 9.83. The van der Waals surface area contributed by atoms with Gasteiger partial charge in [0.05, 0.1) is 5.56 Å². The first-order chi connectivity index (χ1) is 14.6.